The second-order valence-corrected chi connectivity index (χ2v) is 11.0. The molecule has 8 nitrogen and oxygen atoms in total. The summed E-state index contributed by atoms with van der Waals surface area (Å²) in [6, 6.07) is 0. The second kappa shape index (κ2) is 32.9. The van der Waals surface area contributed by atoms with Crippen LogP contribution in [-0.2, 0) is 29.2 Å². The quantitative estimate of drug-likeness (QED) is 0.0798. The van der Waals surface area contributed by atoms with Gasteiger partial charge in [0.15, 0.2) is 0 Å². The summed E-state index contributed by atoms with van der Waals surface area (Å²) in [7, 11) is -8.72. The number of hydrogen-bond donors (Lipinski definition) is 1. The Balaban J connectivity index is -0.000000269. The summed E-state index contributed by atoms with van der Waals surface area (Å²) in [6.07, 6.45) is 23.6. The Morgan fingerprint density at radius 3 is 1.03 bits per heavy atom. The second-order valence-electron chi connectivity index (χ2n) is 8.84. The third-order valence-electron chi connectivity index (χ3n) is 5.46. The normalized spacial score (nSPS) is 11.2. The fourth-order valence-corrected chi connectivity index (χ4v) is 4.15. The van der Waals surface area contributed by atoms with E-state index in [2.05, 4.69) is 22.2 Å². The van der Waals surface area contributed by atoms with Gasteiger partial charge in [0.2, 0.25) is 10.4 Å². The number of unbranched alkanes of at least 4 members (excludes halogenated alkanes) is 18. The van der Waals surface area contributed by atoms with Crippen molar-refractivity contribution in [3.63, 3.8) is 0 Å². The van der Waals surface area contributed by atoms with E-state index in [0.29, 0.717) is 12.8 Å². The van der Waals surface area contributed by atoms with Gasteiger partial charge in [-0.3, -0.25) is 8.74 Å². The van der Waals surface area contributed by atoms with E-state index in [1.807, 2.05) is 0 Å². The molecular formula is C24H52Na2O8S2. The van der Waals surface area contributed by atoms with Crippen LogP contribution >= 0.6 is 0 Å². The summed E-state index contributed by atoms with van der Waals surface area (Å²) in [4.78, 5) is 0. The van der Waals surface area contributed by atoms with Crippen molar-refractivity contribution in [1.29, 1.82) is 0 Å². The Kier molecular flexibility index (Phi) is 41.0. The van der Waals surface area contributed by atoms with Gasteiger partial charge in [-0.05, 0) is 12.8 Å². The van der Waals surface area contributed by atoms with Crippen LogP contribution in [0.15, 0.2) is 0 Å². The molecule has 0 heterocycles. The zero-order chi connectivity index (χ0) is 26.0. The molecule has 0 fully saturated rings. The van der Waals surface area contributed by atoms with Crippen molar-refractivity contribution in [2.75, 3.05) is 13.2 Å². The zero-order valence-corrected chi connectivity index (χ0v) is 26.3. The average Bonchev–Trinajstić information content (AvgIpc) is 2.75. The average molecular weight is 579 g/mol. The predicted molar refractivity (Wildman–Crippen MR) is 144 cm³/mol. The van der Waals surface area contributed by atoms with Crippen LogP contribution in [0.1, 0.15) is 142 Å². The molecule has 0 aliphatic rings. The maximum absolute atomic E-state index is 10.2. The monoisotopic (exact) mass is 578 g/mol. The van der Waals surface area contributed by atoms with Crippen LogP contribution in [-0.4, -0.2) is 68.7 Å². The van der Waals surface area contributed by atoms with Gasteiger partial charge in [-0.15, -0.1) is 0 Å². The number of hydrogen-bond acceptors (Lipinski definition) is 7. The third kappa shape index (κ3) is 48.8. The van der Waals surface area contributed by atoms with Crippen molar-refractivity contribution < 1.29 is 63.9 Å². The molecule has 36 heavy (non-hydrogen) atoms. The Labute approximate surface area is 267 Å². The van der Waals surface area contributed by atoms with Gasteiger partial charge in [0.25, 0.3) is 0 Å². The molecule has 0 radical (unpaired) electrons. The molecule has 0 aliphatic carbocycles. The van der Waals surface area contributed by atoms with Crippen LogP contribution < -0.4 is 29.6 Å². The summed E-state index contributed by atoms with van der Waals surface area (Å²) in [6.45, 7) is 4.55. The molecule has 0 amide bonds. The van der Waals surface area contributed by atoms with Crippen molar-refractivity contribution in [3.8, 4) is 0 Å². The van der Waals surface area contributed by atoms with Gasteiger partial charge in [0.1, 0.15) is 0 Å². The molecular weight excluding hydrogens is 526 g/mol. The Bertz CT molecular complexity index is 564. The number of rotatable bonds is 24. The van der Waals surface area contributed by atoms with Gasteiger partial charge in [0, 0.05) is 0 Å². The summed E-state index contributed by atoms with van der Waals surface area (Å²) < 4.78 is 67.4. The molecule has 0 saturated carbocycles. The first-order valence-corrected chi connectivity index (χ1v) is 16.0. The van der Waals surface area contributed by atoms with Gasteiger partial charge in [-0.25, -0.2) is 12.6 Å². The van der Waals surface area contributed by atoms with Gasteiger partial charge in [-0.1, -0.05) is 129 Å². The molecule has 0 unspecified atom stereocenters. The molecule has 0 aromatic heterocycles. The van der Waals surface area contributed by atoms with Crippen LogP contribution in [0, 0.1) is 0 Å². The van der Waals surface area contributed by atoms with Crippen molar-refractivity contribution in [2.45, 2.75) is 142 Å². The molecule has 210 valence electrons. The van der Waals surface area contributed by atoms with Crippen molar-refractivity contribution >= 4 is 50.4 Å². The molecule has 0 aromatic rings. The Hall–Kier alpha value is 1.74. The first-order valence-electron chi connectivity index (χ1n) is 13.3. The van der Waals surface area contributed by atoms with Crippen LogP contribution in [0.4, 0.5) is 0 Å². The minimum absolute atomic E-state index is 0. The molecule has 0 aromatic carbocycles. The van der Waals surface area contributed by atoms with Crippen molar-refractivity contribution in [2.24, 2.45) is 0 Å². The fourth-order valence-electron chi connectivity index (χ4n) is 3.50. The van der Waals surface area contributed by atoms with E-state index in [1.165, 1.54) is 89.9 Å². The molecule has 0 spiro atoms. The van der Waals surface area contributed by atoms with Gasteiger partial charge >= 0.3 is 69.5 Å². The topological polar surface area (TPSA) is 130 Å². The van der Waals surface area contributed by atoms with E-state index < -0.39 is 20.8 Å². The fraction of sp³-hybridized carbons (Fsp3) is 1.00. The van der Waals surface area contributed by atoms with E-state index in [9.17, 15) is 21.4 Å². The van der Waals surface area contributed by atoms with Gasteiger partial charge < -0.3 is 4.55 Å². The van der Waals surface area contributed by atoms with E-state index in [0.717, 1.165) is 25.7 Å². The van der Waals surface area contributed by atoms with Crippen molar-refractivity contribution in [3.05, 3.63) is 0 Å². The maximum atomic E-state index is 10.2. The summed E-state index contributed by atoms with van der Waals surface area (Å²) in [5, 5.41) is 0. The van der Waals surface area contributed by atoms with Crippen LogP contribution in [0.2, 0.25) is 0 Å². The minimum atomic E-state index is -4.48. The Morgan fingerprint density at radius 1 is 0.528 bits per heavy atom. The van der Waals surface area contributed by atoms with E-state index >= 15 is 0 Å². The molecule has 0 saturated heterocycles. The Morgan fingerprint density at radius 2 is 0.778 bits per heavy atom. The zero-order valence-electron chi connectivity index (χ0n) is 22.7. The molecule has 0 atom stereocenters. The molecule has 12 heteroatoms. The molecule has 0 bridgehead atoms. The first kappa shape index (κ1) is 44.7. The van der Waals surface area contributed by atoms with Crippen LogP contribution in [0.25, 0.3) is 0 Å². The van der Waals surface area contributed by atoms with Crippen molar-refractivity contribution in [1.82, 2.24) is 0 Å². The molecule has 1 N–H and O–H groups in total. The summed E-state index contributed by atoms with van der Waals surface area (Å²) in [5.74, 6) is 0. The molecule has 0 rings (SSSR count). The van der Waals surface area contributed by atoms with E-state index in [-0.39, 0.29) is 72.3 Å². The van der Waals surface area contributed by atoms with Gasteiger partial charge in [0.05, 0.1) is 13.2 Å². The van der Waals surface area contributed by atoms with E-state index in [4.69, 9.17) is 4.55 Å². The standard InChI is InChI=1S/2C12H26O4S.2Na.H/c2*1-2-3-4-5-6-7-8-9-10-11-12-16-17(13,14)15;;;/h2*2-12H2,1H3,(H,13,14,15);;;/q;;;+1;/p-1. The predicted octanol–water partition coefficient (Wildman–Crippen LogP) is 3.47. The SMILES string of the molecule is CCCCCCCCCCCCOS(=O)(=O)O.CCCCCCCCCCCCOS(=O)(=O)[O-].[Na+].[NaH]. The summed E-state index contributed by atoms with van der Waals surface area (Å²) >= 11 is 0. The van der Waals surface area contributed by atoms with Crippen LogP contribution in [0.3, 0.4) is 0 Å². The van der Waals surface area contributed by atoms with Gasteiger partial charge in [-0.2, -0.15) is 8.42 Å². The third-order valence-corrected chi connectivity index (χ3v) is 6.38. The molecule has 0 aliphatic heterocycles. The van der Waals surface area contributed by atoms with E-state index in [1.54, 1.807) is 0 Å². The summed E-state index contributed by atoms with van der Waals surface area (Å²) in [5.41, 5.74) is 0. The first-order chi connectivity index (χ1) is 16.1. The van der Waals surface area contributed by atoms with Crippen LogP contribution in [0.5, 0.6) is 0 Å².